The highest BCUT2D eigenvalue weighted by molar-refractivity contribution is 5.89. The number of aliphatic hydroxyl groups is 1. The molecule has 1 fully saturated rings. The summed E-state index contributed by atoms with van der Waals surface area (Å²) in [4.78, 5) is 26.9. The Bertz CT molecular complexity index is 1020. The highest BCUT2D eigenvalue weighted by atomic mass is 19.1. The molecule has 3 N–H and O–H groups in total. The Balaban J connectivity index is 1.34. The average Bonchev–Trinajstić information content (AvgIpc) is 2.96. The summed E-state index contributed by atoms with van der Waals surface area (Å²) in [6.07, 6.45) is 0.329. The van der Waals surface area contributed by atoms with Crippen LogP contribution in [-0.4, -0.2) is 53.1 Å². The van der Waals surface area contributed by atoms with E-state index in [1.165, 1.54) is 6.92 Å². The number of carbonyl (C=O) groups excluding carboxylic acids is 2. The summed E-state index contributed by atoms with van der Waals surface area (Å²) < 4.78 is 33.1. The predicted octanol–water partition coefficient (Wildman–Crippen LogP) is 2.76. The van der Waals surface area contributed by atoms with E-state index in [4.69, 9.17) is 4.74 Å². The number of piperidine rings is 1. The lowest BCUT2D eigenvalue weighted by Crippen LogP contribution is -2.54. The van der Waals surface area contributed by atoms with E-state index in [1.807, 2.05) is 24.3 Å². The van der Waals surface area contributed by atoms with Crippen molar-refractivity contribution in [2.45, 2.75) is 43.9 Å². The van der Waals surface area contributed by atoms with Crippen LogP contribution in [0.1, 0.15) is 37.9 Å². The highest BCUT2D eigenvalue weighted by Crippen LogP contribution is 2.37. The van der Waals surface area contributed by atoms with E-state index in [9.17, 15) is 23.5 Å². The number of carbonyl (C=O) groups is 2. The molecule has 2 aliphatic rings. The summed E-state index contributed by atoms with van der Waals surface area (Å²) in [5.41, 5.74) is 0.380. The molecule has 2 aromatic rings. The number of halogens is 2. The second-order valence-corrected chi connectivity index (χ2v) is 8.62. The van der Waals surface area contributed by atoms with Gasteiger partial charge in [-0.05, 0) is 36.8 Å². The fraction of sp³-hybridized carbons (Fsp3) is 0.417. The maximum Gasteiger partial charge on any atom is 0.254 e. The molecule has 2 aromatic carbocycles. The number of ether oxygens (including phenoxy) is 1. The average molecular weight is 459 g/mol. The molecule has 4 rings (SSSR count). The lowest BCUT2D eigenvalue weighted by atomic mass is 9.87. The SMILES string of the molecule is C[C@H](NC(=O)C(O)c1cc(F)cc(F)c1)C(=O)N1CCC2(CCNc3ccccc3O2)CC1. The largest absolute Gasteiger partial charge is 0.485 e. The van der Waals surface area contributed by atoms with Crippen LogP contribution in [-0.2, 0) is 9.59 Å². The van der Waals surface area contributed by atoms with E-state index in [-0.39, 0.29) is 17.1 Å². The zero-order valence-corrected chi connectivity index (χ0v) is 18.3. The Morgan fingerprint density at radius 2 is 1.79 bits per heavy atom. The molecule has 0 bridgehead atoms. The summed E-state index contributed by atoms with van der Waals surface area (Å²) in [6.45, 7) is 3.24. The van der Waals surface area contributed by atoms with Gasteiger partial charge in [0.05, 0.1) is 5.69 Å². The molecule has 1 spiro atoms. The number of aliphatic hydroxyl groups excluding tert-OH is 1. The third kappa shape index (κ3) is 5.08. The molecule has 176 valence electrons. The minimum absolute atomic E-state index is 0.219. The van der Waals surface area contributed by atoms with Gasteiger partial charge in [0.1, 0.15) is 29.0 Å². The number of benzene rings is 2. The Kier molecular flexibility index (Phi) is 6.51. The van der Waals surface area contributed by atoms with Gasteiger partial charge in [-0.25, -0.2) is 8.78 Å². The molecule has 2 atom stereocenters. The Morgan fingerprint density at radius 3 is 2.48 bits per heavy atom. The van der Waals surface area contributed by atoms with Crippen LogP contribution in [0.3, 0.4) is 0 Å². The number of fused-ring (bicyclic) bond motifs is 1. The molecule has 2 aliphatic heterocycles. The number of anilines is 1. The third-order valence-corrected chi connectivity index (χ3v) is 6.27. The first-order chi connectivity index (χ1) is 15.8. The van der Waals surface area contributed by atoms with E-state index in [2.05, 4.69) is 10.6 Å². The van der Waals surface area contributed by atoms with Crippen LogP contribution >= 0.6 is 0 Å². The summed E-state index contributed by atoms with van der Waals surface area (Å²) in [5, 5.41) is 16.0. The number of rotatable bonds is 4. The maximum atomic E-state index is 13.4. The van der Waals surface area contributed by atoms with Crippen LogP contribution in [0.2, 0.25) is 0 Å². The van der Waals surface area contributed by atoms with Gasteiger partial charge in [-0.1, -0.05) is 12.1 Å². The predicted molar refractivity (Wildman–Crippen MR) is 118 cm³/mol. The van der Waals surface area contributed by atoms with Crippen LogP contribution in [0.25, 0.3) is 0 Å². The van der Waals surface area contributed by atoms with Gasteiger partial charge in [0.15, 0.2) is 6.10 Å². The van der Waals surface area contributed by atoms with Crippen LogP contribution in [0, 0.1) is 11.6 Å². The van der Waals surface area contributed by atoms with Crippen molar-refractivity contribution < 1.29 is 28.2 Å². The summed E-state index contributed by atoms with van der Waals surface area (Å²) >= 11 is 0. The molecule has 33 heavy (non-hydrogen) atoms. The second-order valence-electron chi connectivity index (χ2n) is 8.62. The molecule has 0 aliphatic carbocycles. The molecule has 2 heterocycles. The number of likely N-dealkylation sites (tertiary alicyclic amines) is 1. The first-order valence-electron chi connectivity index (χ1n) is 11.0. The lowest BCUT2D eigenvalue weighted by molar-refractivity contribution is -0.141. The van der Waals surface area contributed by atoms with Crippen molar-refractivity contribution in [3.63, 3.8) is 0 Å². The fourth-order valence-corrected chi connectivity index (χ4v) is 4.41. The van der Waals surface area contributed by atoms with Crippen molar-refractivity contribution in [2.24, 2.45) is 0 Å². The Labute approximate surface area is 190 Å². The zero-order chi connectivity index (χ0) is 23.6. The van der Waals surface area contributed by atoms with Gasteiger partial charge >= 0.3 is 0 Å². The standard InChI is InChI=1S/C24H27F2N3O4/c1-15(28-22(31)21(30)16-12-17(25)14-18(26)13-16)23(32)29-10-7-24(8-11-29)6-9-27-19-4-2-3-5-20(19)33-24/h2-5,12-15,21,27,30H,6-11H2,1H3,(H,28,31)/t15-,21?/m0/s1. The van der Waals surface area contributed by atoms with Gasteiger partial charge < -0.3 is 25.4 Å². The van der Waals surface area contributed by atoms with Crippen LogP contribution in [0.15, 0.2) is 42.5 Å². The van der Waals surface area contributed by atoms with Crippen molar-refractivity contribution in [1.29, 1.82) is 0 Å². The minimum Gasteiger partial charge on any atom is -0.485 e. The van der Waals surface area contributed by atoms with Crippen molar-refractivity contribution in [2.75, 3.05) is 25.0 Å². The van der Waals surface area contributed by atoms with Gasteiger partial charge in [0.25, 0.3) is 5.91 Å². The van der Waals surface area contributed by atoms with Gasteiger partial charge in [0.2, 0.25) is 5.91 Å². The zero-order valence-electron chi connectivity index (χ0n) is 18.3. The number of nitrogens with zero attached hydrogens (tertiary/aromatic N) is 1. The summed E-state index contributed by atoms with van der Waals surface area (Å²) in [6, 6.07) is 9.28. The van der Waals surface area contributed by atoms with E-state index in [0.29, 0.717) is 32.0 Å². The topological polar surface area (TPSA) is 90.9 Å². The normalized spacial score (nSPS) is 18.8. The van der Waals surface area contributed by atoms with E-state index < -0.39 is 29.7 Å². The Morgan fingerprint density at radius 1 is 1.12 bits per heavy atom. The van der Waals surface area contributed by atoms with Crippen molar-refractivity contribution in [3.05, 3.63) is 59.7 Å². The monoisotopic (exact) mass is 459 g/mol. The minimum atomic E-state index is -1.79. The van der Waals surface area contributed by atoms with Gasteiger partial charge in [-0.15, -0.1) is 0 Å². The van der Waals surface area contributed by atoms with Crippen LogP contribution in [0.5, 0.6) is 5.75 Å². The second kappa shape index (κ2) is 9.35. The fourth-order valence-electron chi connectivity index (χ4n) is 4.41. The molecule has 0 saturated carbocycles. The molecular formula is C24H27F2N3O4. The molecule has 1 saturated heterocycles. The van der Waals surface area contributed by atoms with Crippen LogP contribution < -0.4 is 15.4 Å². The number of nitrogens with one attached hydrogen (secondary N) is 2. The first-order valence-corrected chi connectivity index (χ1v) is 11.0. The highest BCUT2D eigenvalue weighted by Gasteiger charge is 2.40. The Hall–Kier alpha value is -3.20. The molecule has 0 aromatic heterocycles. The molecule has 1 unspecified atom stereocenters. The van der Waals surface area contributed by atoms with Gasteiger partial charge in [-0.2, -0.15) is 0 Å². The molecule has 2 amide bonds. The number of para-hydroxylation sites is 2. The number of hydrogen-bond donors (Lipinski definition) is 3. The van der Waals surface area contributed by atoms with Gasteiger partial charge in [-0.3, -0.25) is 9.59 Å². The van der Waals surface area contributed by atoms with Crippen molar-refractivity contribution >= 4 is 17.5 Å². The summed E-state index contributed by atoms with van der Waals surface area (Å²) in [5.74, 6) is -2.19. The number of hydrogen-bond acceptors (Lipinski definition) is 5. The molecule has 7 nitrogen and oxygen atoms in total. The molecular weight excluding hydrogens is 432 g/mol. The first kappa shape index (κ1) is 23.0. The van der Waals surface area contributed by atoms with Crippen molar-refractivity contribution in [3.8, 4) is 5.75 Å². The van der Waals surface area contributed by atoms with E-state index in [1.54, 1.807) is 4.90 Å². The molecule has 0 radical (unpaired) electrons. The smallest absolute Gasteiger partial charge is 0.254 e. The molecule has 9 heteroatoms. The maximum absolute atomic E-state index is 13.4. The van der Waals surface area contributed by atoms with Crippen molar-refractivity contribution in [1.82, 2.24) is 10.2 Å². The van der Waals surface area contributed by atoms with Crippen LogP contribution in [0.4, 0.5) is 14.5 Å². The number of amides is 2. The quantitative estimate of drug-likeness (QED) is 0.654. The van der Waals surface area contributed by atoms with E-state index >= 15 is 0 Å². The van der Waals surface area contributed by atoms with Gasteiger partial charge in [0, 0.05) is 45.0 Å². The van der Waals surface area contributed by atoms with E-state index in [0.717, 1.165) is 36.5 Å². The third-order valence-electron chi connectivity index (χ3n) is 6.27. The lowest BCUT2D eigenvalue weighted by Gasteiger charge is -2.41. The summed E-state index contributed by atoms with van der Waals surface area (Å²) in [7, 11) is 0.